The highest BCUT2D eigenvalue weighted by Crippen LogP contribution is 2.45. The summed E-state index contributed by atoms with van der Waals surface area (Å²) in [6.45, 7) is 7.27. The van der Waals surface area contributed by atoms with E-state index in [4.69, 9.17) is 37.0 Å². The van der Waals surface area contributed by atoms with Gasteiger partial charge >= 0.3 is 39.5 Å². The Morgan fingerprint density at radius 3 is 0.667 bits per heavy atom. The van der Waals surface area contributed by atoms with Crippen molar-refractivity contribution in [2.75, 3.05) is 39.6 Å². The molecule has 5 atom stereocenters. The van der Waals surface area contributed by atoms with Gasteiger partial charge in [-0.3, -0.25) is 37.3 Å². The maximum absolute atomic E-state index is 13.1. The Kier molecular flexibility index (Phi) is 74.4. The van der Waals surface area contributed by atoms with Gasteiger partial charge in [-0.05, 0) is 31.6 Å². The SMILES string of the molecule is CCCCCCCCCCCCCCCCCCCCCC(=O)O[C@H](COC(=O)CCCCCCCCCCCCCCCCCCCC)COP(=O)(O)OC[C@@H](O)COP(=O)(O)OC[C@@H](COC(=O)CCCCCCCCC(C)C)OC(=O)CCCCCCCCCCCCCCCCCC. The highest BCUT2D eigenvalue weighted by Gasteiger charge is 2.30. The summed E-state index contributed by atoms with van der Waals surface area (Å²) in [5.74, 6) is -1.43. The molecule has 19 heteroatoms. The van der Waals surface area contributed by atoms with Crippen molar-refractivity contribution in [2.45, 2.75) is 464 Å². The van der Waals surface area contributed by atoms with Crippen LogP contribution < -0.4 is 0 Å². The number of unbranched alkanes of at least 4 members (excludes halogenated alkanes) is 55. The average molecular weight is 1490 g/mol. The number of rotatable bonds is 83. The molecule has 0 fully saturated rings. The lowest BCUT2D eigenvalue weighted by atomic mass is 10.0. The van der Waals surface area contributed by atoms with Gasteiger partial charge in [-0.2, -0.15) is 0 Å². The van der Waals surface area contributed by atoms with Crippen LogP contribution in [0, 0.1) is 5.92 Å². The van der Waals surface area contributed by atoms with Crippen LogP contribution >= 0.6 is 15.6 Å². The van der Waals surface area contributed by atoms with E-state index >= 15 is 0 Å². The van der Waals surface area contributed by atoms with E-state index in [2.05, 4.69) is 34.6 Å². The predicted molar refractivity (Wildman–Crippen MR) is 418 cm³/mol. The highest BCUT2D eigenvalue weighted by atomic mass is 31.2. The van der Waals surface area contributed by atoms with Crippen LogP contribution in [-0.2, 0) is 65.4 Å². The predicted octanol–water partition coefficient (Wildman–Crippen LogP) is 25.2. The number of esters is 4. The highest BCUT2D eigenvalue weighted by molar-refractivity contribution is 7.47. The summed E-state index contributed by atoms with van der Waals surface area (Å²) in [6, 6.07) is 0. The molecule has 0 aromatic carbocycles. The number of ether oxygens (including phenoxy) is 4. The lowest BCUT2D eigenvalue weighted by molar-refractivity contribution is -0.161. The molecule has 0 saturated heterocycles. The summed E-state index contributed by atoms with van der Waals surface area (Å²) >= 11 is 0. The second-order valence-corrected chi connectivity index (χ2v) is 33.3. The molecule has 0 spiro atoms. The van der Waals surface area contributed by atoms with Crippen molar-refractivity contribution in [1.82, 2.24) is 0 Å². The minimum absolute atomic E-state index is 0.108. The average Bonchev–Trinajstić information content (AvgIpc) is 0.911. The fourth-order valence-corrected chi connectivity index (χ4v) is 14.5. The van der Waals surface area contributed by atoms with Crippen molar-refractivity contribution in [1.29, 1.82) is 0 Å². The zero-order valence-electron chi connectivity index (χ0n) is 66.8. The fraction of sp³-hybridized carbons (Fsp3) is 0.952. The molecule has 0 aromatic rings. The third-order valence-electron chi connectivity index (χ3n) is 19.5. The number of carbonyl (C=O) groups excluding carboxylic acids is 4. The topological polar surface area (TPSA) is 237 Å². The Hall–Kier alpha value is -1.94. The summed E-state index contributed by atoms with van der Waals surface area (Å²) in [4.78, 5) is 73.1. The fourth-order valence-electron chi connectivity index (χ4n) is 12.9. The molecule has 0 saturated carbocycles. The van der Waals surface area contributed by atoms with Gasteiger partial charge in [0.2, 0.25) is 0 Å². The first-order valence-corrected chi connectivity index (χ1v) is 46.1. The monoisotopic (exact) mass is 1490 g/mol. The molecule has 3 N–H and O–H groups in total. The van der Waals surface area contributed by atoms with Crippen LogP contribution in [-0.4, -0.2) is 96.7 Å². The lowest BCUT2D eigenvalue weighted by Crippen LogP contribution is -2.30. The summed E-state index contributed by atoms with van der Waals surface area (Å²) in [6.07, 6.45) is 68.2. The molecule has 0 heterocycles. The summed E-state index contributed by atoms with van der Waals surface area (Å²) < 4.78 is 68.8. The normalized spacial score (nSPS) is 13.8. The summed E-state index contributed by atoms with van der Waals surface area (Å²) in [5.41, 5.74) is 0. The molecule has 0 amide bonds. The number of aliphatic hydroxyl groups is 1. The van der Waals surface area contributed by atoms with E-state index in [0.29, 0.717) is 31.6 Å². The van der Waals surface area contributed by atoms with Crippen LogP contribution in [0.4, 0.5) is 0 Å². The number of hydrogen-bond acceptors (Lipinski definition) is 15. The molecule has 0 radical (unpaired) electrons. The van der Waals surface area contributed by atoms with Gasteiger partial charge in [0.25, 0.3) is 0 Å². The Morgan fingerprint density at radius 1 is 0.265 bits per heavy atom. The first-order valence-electron chi connectivity index (χ1n) is 43.1. The Bertz CT molecular complexity index is 1940. The molecule has 0 aliphatic heterocycles. The first kappa shape index (κ1) is 100. The second-order valence-electron chi connectivity index (χ2n) is 30.3. The van der Waals surface area contributed by atoms with E-state index in [1.165, 1.54) is 263 Å². The third-order valence-corrected chi connectivity index (χ3v) is 21.4. The Balaban J connectivity index is 5.21. The maximum Gasteiger partial charge on any atom is 0.472 e. The Morgan fingerprint density at radius 2 is 0.451 bits per heavy atom. The summed E-state index contributed by atoms with van der Waals surface area (Å²) in [7, 11) is -9.92. The molecule has 102 heavy (non-hydrogen) atoms. The minimum atomic E-state index is -4.96. The van der Waals surface area contributed by atoms with Crippen molar-refractivity contribution in [3.63, 3.8) is 0 Å². The molecule has 0 aliphatic rings. The van der Waals surface area contributed by atoms with Crippen LogP contribution in [0.3, 0.4) is 0 Å². The van der Waals surface area contributed by atoms with Gasteiger partial charge in [0.05, 0.1) is 26.4 Å². The van der Waals surface area contributed by atoms with Crippen LogP contribution in [0.5, 0.6) is 0 Å². The van der Waals surface area contributed by atoms with E-state index < -0.39 is 97.5 Å². The Labute approximate surface area is 626 Å². The van der Waals surface area contributed by atoms with Gasteiger partial charge < -0.3 is 33.8 Å². The number of carbonyl (C=O) groups is 4. The zero-order valence-corrected chi connectivity index (χ0v) is 68.5. The van der Waals surface area contributed by atoms with Gasteiger partial charge in [0.15, 0.2) is 12.2 Å². The van der Waals surface area contributed by atoms with E-state index in [-0.39, 0.29) is 25.7 Å². The molecule has 0 bridgehead atoms. The standard InChI is InChI=1S/C83H162O17P2/c1-6-9-12-15-18-21-24-27-30-33-35-37-40-43-46-49-52-59-64-68-82(87)99-78(72-93-80(85)66-61-56-50-47-44-41-39-36-34-31-28-25-22-19-16-13-10-7-2)74-97-101(89,90)95-70-77(84)71-96-102(91,92)98-75-79(73-94-81(86)67-62-57-54-53-55-60-65-76(4)5)100-83(88)69-63-58-51-48-45-42-38-32-29-26-23-20-17-14-11-8-3/h76-79,84H,6-75H2,1-5H3,(H,89,90)(H,91,92)/t77-,78-,79-/m1/s1. The quantitative estimate of drug-likeness (QED) is 0.0222. The molecule has 2 unspecified atom stereocenters. The number of phosphoric acid groups is 2. The number of phosphoric ester groups is 2. The molecule has 0 rings (SSSR count). The molecule has 606 valence electrons. The van der Waals surface area contributed by atoms with E-state index in [1.54, 1.807) is 0 Å². The second kappa shape index (κ2) is 75.9. The minimum Gasteiger partial charge on any atom is -0.462 e. The van der Waals surface area contributed by atoms with Crippen molar-refractivity contribution in [3.05, 3.63) is 0 Å². The van der Waals surface area contributed by atoms with Gasteiger partial charge in [-0.1, -0.05) is 394 Å². The van der Waals surface area contributed by atoms with Crippen molar-refractivity contribution < 1.29 is 80.2 Å². The van der Waals surface area contributed by atoms with E-state index in [1.807, 2.05) is 0 Å². The van der Waals surface area contributed by atoms with E-state index in [9.17, 15) is 43.2 Å². The van der Waals surface area contributed by atoms with Crippen molar-refractivity contribution in [2.24, 2.45) is 5.92 Å². The third kappa shape index (κ3) is 76.3. The van der Waals surface area contributed by atoms with Crippen molar-refractivity contribution in [3.8, 4) is 0 Å². The summed E-state index contributed by atoms with van der Waals surface area (Å²) in [5, 5.41) is 10.7. The molecule has 17 nitrogen and oxygen atoms in total. The molecule has 0 aliphatic carbocycles. The molecular weight excluding hydrogens is 1330 g/mol. The van der Waals surface area contributed by atoms with Gasteiger partial charge in [0, 0.05) is 25.7 Å². The lowest BCUT2D eigenvalue weighted by Gasteiger charge is -2.21. The van der Waals surface area contributed by atoms with Crippen LogP contribution in [0.2, 0.25) is 0 Å². The van der Waals surface area contributed by atoms with Gasteiger partial charge in [0.1, 0.15) is 19.3 Å². The zero-order chi connectivity index (χ0) is 74.8. The van der Waals surface area contributed by atoms with Crippen LogP contribution in [0.25, 0.3) is 0 Å². The first-order chi connectivity index (χ1) is 49.5. The number of hydrogen-bond donors (Lipinski definition) is 3. The van der Waals surface area contributed by atoms with Crippen LogP contribution in [0.15, 0.2) is 0 Å². The van der Waals surface area contributed by atoms with E-state index in [0.717, 1.165) is 96.3 Å². The van der Waals surface area contributed by atoms with Gasteiger partial charge in [-0.15, -0.1) is 0 Å². The maximum atomic E-state index is 13.1. The molecular formula is C83H162O17P2. The van der Waals surface area contributed by atoms with Gasteiger partial charge in [-0.25, -0.2) is 9.13 Å². The van der Waals surface area contributed by atoms with Crippen LogP contribution in [0.1, 0.15) is 446 Å². The molecule has 0 aromatic heterocycles. The van der Waals surface area contributed by atoms with Crippen molar-refractivity contribution >= 4 is 39.5 Å². The largest absolute Gasteiger partial charge is 0.472 e. The smallest absolute Gasteiger partial charge is 0.462 e. The number of aliphatic hydroxyl groups excluding tert-OH is 1.